The summed E-state index contributed by atoms with van der Waals surface area (Å²) in [6.45, 7) is 0. The van der Waals surface area contributed by atoms with E-state index < -0.39 is 0 Å². The smallest absolute Gasteiger partial charge is 0.164 e. The first-order valence-electron chi connectivity index (χ1n) is 15.7. The molecule has 0 spiro atoms. The maximum Gasteiger partial charge on any atom is 0.164 e. The molecule has 0 unspecified atom stereocenters. The molecule has 0 N–H and O–H groups in total. The molecule has 47 heavy (non-hydrogen) atoms. The number of aromatic nitrogens is 5. The molecule has 220 valence electrons. The molecule has 2 heterocycles. The van der Waals surface area contributed by atoms with E-state index in [2.05, 4.69) is 95.6 Å². The quantitative estimate of drug-likeness (QED) is 0.184. The van der Waals surface area contributed by atoms with Gasteiger partial charge in [-0.1, -0.05) is 140 Å². The van der Waals surface area contributed by atoms with Crippen LogP contribution >= 0.6 is 0 Å². The van der Waals surface area contributed by atoms with Crippen LogP contribution < -0.4 is 0 Å². The third kappa shape index (κ3) is 4.73. The largest absolute Gasteiger partial charge is 0.292 e. The van der Waals surface area contributed by atoms with Crippen molar-refractivity contribution in [1.29, 1.82) is 0 Å². The number of imidazole rings is 1. The molecule has 5 nitrogen and oxygen atoms in total. The Labute approximate surface area is 271 Å². The Morgan fingerprint density at radius 3 is 1.51 bits per heavy atom. The van der Waals surface area contributed by atoms with Crippen LogP contribution in [0.4, 0.5) is 0 Å². The van der Waals surface area contributed by atoms with E-state index in [4.69, 9.17) is 19.9 Å². The minimum absolute atomic E-state index is 0.638. The molecule has 0 bridgehead atoms. The number of hydrogen-bond acceptors (Lipinski definition) is 4. The molecule has 9 aromatic rings. The van der Waals surface area contributed by atoms with Gasteiger partial charge in [0.05, 0.1) is 11.0 Å². The van der Waals surface area contributed by atoms with Crippen LogP contribution in [0.3, 0.4) is 0 Å². The number of hydrogen-bond donors (Lipinski definition) is 0. The summed E-state index contributed by atoms with van der Waals surface area (Å²) in [5, 5.41) is 4.57. The summed E-state index contributed by atoms with van der Waals surface area (Å²) in [4.78, 5) is 20.0. The van der Waals surface area contributed by atoms with Crippen LogP contribution in [-0.2, 0) is 0 Å². The first-order valence-corrected chi connectivity index (χ1v) is 15.7. The van der Waals surface area contributed by atoms with E-state index >= 15 is 0 Å². The number of fused-ring (bicyclic) bond motifs is 5. The lowest BCUT2D eigenvalue weighted by molar-refractivity contribution is 1.07. The molecule has 0 saturated carbocycles. The Kier molecular flexibility index (Phi) is 6.39. The molecule has 9 rings (SSSR count). The van der Waals surface area contributed by atoms with Crippen molar-refractivity contribution in [3.05, 3.63) is 164 Å². The predicted octanol–water partition coefficient (Wildman–Crippen LogP) is 10.2. The lowest BCUT2D eigenvalue weighted by Crippen LogP contribution is -2.00. The molecule has 0 aliphatic carbocycles. The molecule has 0 atom stereocenters. The minimum Gasteiger partial charge on any atom is -0.292 e. The fraction of sp³-hybridized carbons (Fsp3) is 0. The Bertz CT molecular complexity index is 2490. The summed E-state index contributed by atoms with van der Waals surface area (Å²) in [6.07, 6.45) is 0. The summed E-state index contributed by atoms with van der Waals surface area (Å²) >= 11 is 0. The van der Waals surface area contributed by atoms with E-state index in [1.54, 1.807) is 0 Å². The van der Waals surface area contributed by atoms with Crippen molar-refractivity contribution in [3.63, 3.8) is 0 Å². The van der Waals surface area contributed by atoms with Crippen molar-refractivity contribution in [2.75, 3.05) is 0 Å². The van der Waals surface area contributed by atoms with Gasteiger partial charge in [-0.25, -0.2) is 19.9 Å². The molecular formula is C42H27N5. The zero-order valence-electron chi connectivity index (χ0n) is 25.3. The van der Waals surface area contributed by atoms with Crippen molar-refractivity contribution >= 4 is 32.6 Å². The van der Waals surface area contributed by atoms with Crippen molar-refractivity contribution < 1.29 is 0 Å². The molecule has 2 aromatic heterocycles. The Hall–Kier alpha value is -6.46. The van der Waals surface area contributed by atoms with Crippen LogP contribution in [-0.4, -0.2) is 24.5 Å². The predicted molar refractivity (Wildman–Crippen MR) is 191 cm³/mol. The topological polar surface area (TPSA) is 56.5 Å². The monoisotopic (exact) mass is 601 g/mol. The Morgan fingerprint density at radius 2 is 0.894 bits per heavy atom. The van der Waals surface area contributed by atoms with Gasteiger partial charge in [-0.15, -0.1) is 0 Å². The highest BCUT2D eigenvalue weighted by Gasteiger charge is 2.19. The van der Waals surface area contributed by atoms with Gasteiger partial charge >= 0.3 is 0 Å². The molecule has 0 aliphatic rings. The fourth-order valence-electron chi connectivity index (χ4n) is 6.40. The van der Waals surface area contributed by atoms with Crippen LogP contribution in [0.1, 0.15) is 0 Å². The van der Waals surface area contributed by atoms with Gasteiger partial charge in [0.2, 0.25) is 0 Å². The highest BCUT2D eigenvalue weighted by Crippen LogP contribution is 2.38. The summed E-state index contributed by atoms with van der Waals surface area (Å²) < 4.78 is 2.30. The number of benzene rings is 7. The van der Waals surface area contributed by atoms with Crippen LogP contribution in [0.25, 0.3) is 83.8 Å². The average Bonchev–Trinajstić information content (AvgIpc) is 3.56. The van der Waals surface area contributed by atoms with Gasteiger partial charge in [0, 0.05) is 33.3 Å². The molecule has 5 heteroatoms. The van der Waals surface area contributed by atoms with Gasteiger partial charge in [0.25, 0.3) is 0 Å². The van der Waals surface area contributed by atoms with E-state index in [0.717, 1.165) is 66.3 Å². The molecule has 0 amide bonds. The van der Waals surface area contributed by atoms with Gasteiger partial charge in [-0.05, 0) is 40.4 Å². The first kappa shape index (κ1) is 26.9. The average molecular weight is 602 g/mol. The zero-order chi connectivity index (χ0) is 31.2. The van der Waals surface area contributed by atoms with Crippen molar-refractivity contribution in [1.82, 2.24) is 24.5 Å². The highest BCUT2D eigenvalue weighted by molar-refractivity contribution is 6.19. The van der Waals surface area contributed by atoms with Gasteiger partial charge in [0.1, 0.15) is 5.82 Å². The van der Waals surface area contributed by atoms with E-state index in [1.165, 1.54) is 0 Å². The van der Waals surface area contributed by atoms with E-state index in [9.17, 15) is 0 Å². The summed E-state index contributed by atoms with van der Waals surface area (Å²) in [5.74, 6) is 2.85. The third-order valence-electron chi connectivity index (χ3n) is 8.62. The Morgan fingerprint density at radius 1 is 0.383 bits per heavy atom. The number of nitrogens with zero attached hydrogens (tertiary/aromatic N) is 5. The lowest BCUT2D eigenvalue weighted by Gasteiger charge is -2.13. The van der Waals surface area contributed by atoms with E-state index in [-0.39, 0.29) is 0 Å². The van der Waals surface area contributed by atoms with Crippen molar-refractivity contribution in [2.45, 2.75) is 0 Å². The minimum atomic E-state index is 0.638. The fourth-order valence-corrected chi connectivity index (χ4v) is 6.40. The lowest BCUT2D eigenvalue weighted by atomic mass is 9.98. The maximum absolute atomic E-state index is 5.19. The molecule has 0 aliphatic heterocycles. The van der Waals surface area contributed by atoms with Crippen molar-refractivity contribution in [2.24, 2.45) is 0 Å². The van der Waals surface area contributed by atoms with Crippen LogP contribution in [0.5, 0.6) is 0 Å². The summed E-state index contributed by atoms with van der Waals surface area (Å²) in [6, 6.07) is 56.3. The molecule has 7 aromatic carbocycles. The SMILES string of the molecule is c1ccc(-c2nc(-c3ccccc3)nc(-c3ccc4c(ccc5ccc6nc(-c7ccccc7)n(-c7ccccc7)c6c54)c3)n2)cc1. The van der Waals surface area contributed by atoms with Crippen LogP contribution in [0, 0.1) is 0 Å². The van der Waals surface area contributed by atoms with Crippen molar-refractivity contribution in [3.8, 4) is 51.2 Å². The van der Waals surface area contributed by atoms with Gasteiger partial charge < -0.3 is 0 Å². The summed E-state index contributed by atoms with van der Waals surface area (Å²) in [7, 11) is 0. The van der Waals surface area contributed by atoms with E-state index in [0.29, 0.717) is 17.5 Å². The second kappa shape index (κ2) is 11.2. The standard InChI is InChI=1S/C42H27N5/c1-5-13-29(14-6-1)39-44-40(30-15-7-2-8-16-30)46-41(45-39)33-23-25-35-32(27-33)22-21-28-24-26-36-38(37(28)35)47(34-19-11-4-12-20-34)42(43-36)31-17-9-3-10-18-31/h1-27H. The van der Waals surface area contributed by atoms with Gasteiger partial charge in [-0.2, -0.15) is 0 Å². The summed E-state index contributed by atoms with van der Waals surface area (Å²) in [5.41, 5.74) is 7.01. The molecular weight excluding hydrogens is 574 g/mol. The maximum atomic E-state index is 5.19. The normalized spacial score (nSPS) is 11.4. The van der Waals surface area contributed by atoms with E-state index in [1.807, 2.05) is 72.8 Å². The second-order valence-corrected chi connectivity index (χ2v) is 11.5. The first-order chi connectivity index (χ1) is 23.3. The number of rotatable bonds is 5. The van der Waals surface area contributed by atoms with Crippen LogP contribution in [0.2, 0.25) is 0 Å². The second-order valence-electron chi connectivity index (χ2n) is 11.5. The Balaban J connectivity index is 1.28. The molecule has 0 saturated heterocycles. The number of para-hydroxylation sites is 1. The van der Waals surface area contributed by atoms with Gasteiger partial charge in [-0.3, -0.25) is 4.57 Å². The van der Waals surface area contributed by atoms with Crippen LogP contribution in [0.15, 0.2) is 164 Å². The van der Waals surface area contributed by atoms with Gasteiger partial charge in [0.15, 0.2) is 17.5 Å². The third-order valence-corrected chi connectivity index (χ3v) is 8.62. The highest BCUT2D eigenvalue weighted by atomic mass is 15.1. The molecule has 0 radical (unpaired) electrons. The molecule has 0 fully saturated rings. The zero-order valence-corrected chi connectivity index (χ0v) is 25.3.